The first-order valence-corrected chi connectivity index (χ1v) is 4.61. The minimum absolute atomic E-state index is 0.0279. The summed E-state index contributed by atoms with van der Waals surface area (Å²) in [4.78, 5) is 8.10. The number of halogens is 4. The number of aromatic nitrogens is 2. The Balaban J connectivity index is 2.99. The van der Waals surface area contributed by atoms with Crippen molar-refractivity contribution >= 4 is 17.4 Å². The first-order chi connectivity index (χ1) is 7.35. The molecule has 1 aromatic heterocycles. The molecule has 0 radical (unpaired) electrons. The SMILES string of the molecule is CN(CC(F)(F)F)c1ncnc(Cl)c1CO. The number of nitrogens with zero attached hydrogens (tertiary/aromatic N) is 3. The van der Waals surface area contributed by atoms with Gasteiger partial charge in [0.05, 0.1) is 12.2 Å². The number of hydrogen-bond donors (Lipinski definition) is 1. The van der Waals surface area contributed by atoms with Crippen LogP contribution in [0.1, 0.15) is 5.56 Å². The van der Waals surface area contributed by atoms with Gasteiger partial charge in [0.2, 0.25) is 0 Å². The number of hydrogen-bond acceptors (Lipinski definition) is 4. The molecule has 0 aromatic carbocycles. The highest BCUT2D eigenvalue weighted by Crippen LogP contribution is 2.25. The minimum Gasteiger partial charge on any atom is -0.391 e. The zero-order chi connectivity index (χ0) is 12.3. The highest BCUT2D eigenvalue weighted by atomic mass is 35.5. The Labute approximate surface area is 94.7 Å². The van der Waals surface area contributed by atoms with Gasteiger partial charge >= 0.3 is 6.18 Å². The average molecular weight is 256 g/mol. The van der Waals surface area contributed by atoms with Crippen LogP contribution < -0.4 is 4.90 Å². The molecule has 8 heteroatoms. The fraction of sp³-hybridized carbons (Fsp3) is 0.500. The van der Waals surface area contributed by atoms with Crippen molar-refractivity contribution in [1.29, 1.82) is 0 Å². The number of aliphatic hydroxyl groups excluding tert-OH is 1. The van der Waals surface area contributed by atoms with Gasteiger partial charge in [0.15, 0.2) is 0 Å². The highest BCUT2D eigenvalue weighted by molar-refractivity contribution is 6.30. The molecule has 0 amide bonds. The molecule has 1 N–H and O–H groups in total. The Morgan fingerprint density at radius 2 is 2.06 bits per heavy atom. The maximum Gasteiger partial charge on any atom is 0.405 e. The van der Waals surface area contributed by atoms with Crippen LogP contribution in [-0.2, 0) is 6.61 Å². The Hall–Kier alpha value is -1.08. The molecule has 90 valence electrons. The smallest absolute Gasteiger partial charge is 0.391 e. The molecule has 0 atom stereocenters. The highest BCUT2D eigenvalue weighted by Gasteiger charge is 2.30. The van der Waals surface area contributed by atoms with Crippen molar-refractivity contribution in [3.63, 3.8) is 0 Å². The molecule has 0 fully saturated rings. The van der Waals surface area contributed by atoms with Crippen molar-refractivity contribution < 1.29 is 18.3 Å². The average Bonchev–Trinajstić information content (AvgIpc) is 2.14. The van der Waals surface area contributed by atoms with Crippen LogP contribution in [0.25, 0.3) is 0 Å². The van der Waals surface area contributed by atoms with Crippen LogP contribution in [0, 0.1) is 0 Å². The molecule has 0 saturated heterocycles. The second-order valence-corrected chi connectivity index (χ2v) is 3.45. The summed E-state index contributed by atoms with van der Waals surface area (Å²) in [6.07, 6.45) is -3.30. The van der Waals surface area contributed by atoms with Crippen LogP contribution in [0.4, 0.5) is 19.0 Å². The van der Waals surface area contributed by atoms with Gasteiger partial charge in [-0.1, -0.05) is 11.6 Å². The van der Waals surface area contributed by atoms with Gasteiger partial charge in [-0.15, -0.1) is 0 Å². The Bertz CT molecular complexity index is 372. The van der Waals surface area contributed by atoms with Crippen molar-refractivity contribution in [3.8, 4) is 0 Å². The van der Waals surface area contributed by atoms with E-state index in [1.165, 1.54) is 7.05 Å². The van der Waals surface area contributed by atoms with E-state index < -0.39 is 19.3 Å². The normalized spacial score (nSPS) is 11.6. The van der Waals surface area contributed by atoms with Gasteiger partial charge in [0.25, 0.3) is 0 Å². The van der Waals surface area contributed by atoms with Crippen LogP contribution >= 0.6 is 11.6 Å². The second kappa shape index (κ2) is 4.84. The lowest BCUT2D eigenvalue weighted by molar-refractivity contribution is -0.119. The molecule has 0 aliphatic heterocycles. The predicted octanol–water partition coefficient (Wildman–Crippen LogP) is 1.62. The molecule has 0 spiro atoms. The lowest BCUT2D eigenvalue weighted by Gasteiger charge is -2.21. The summed E-state index contributed by atoms with van der Waals surface area (Å²) in [5.41, 5.74) is 0.0796. The van der Waals surface area contributed by atoms with Crippen molar-refractivity contribution in [1.82, 2.24) is 9.97 Å². The molecule has 0 bridgehead atoms. The van der Waals surface area contributed by atoms with E-state index in [-0.39, 0.29) is 16.5 Å². The molecule has 0 aliphatic rings. The molecule has 0 aliphatic carbocycles. The topological polar surface area (TPSA) is 49.2 Å². The first-order valence-electron chi connectivity index (χ1n) is 4.23. The molecule has 0 saturated carbocycles. The van der Waals surface area contributed by atoms with Crippen molar-refractivity contribution in [2.24, 2.45) is 0 Å². The van der Waals surface area contributed by atoms with E-state index in [9.17, 15) is 13.2 Å². The zero-order valence-electron chi connectivity index (χ0n) is 8.29. The third-order valence-corrected chi connectivity index (χ3v) is 2.13. The molecule has 1 aromatic rings. The molecule has 1 heterocycles. The fourth-order valence-corrected chi connectivity index (χ4v) is 1.38. The molecule has 0 unspecified atom stereocenters. The second-order valence-electron chi connectivity index (χ2n) is 3.10. The Morgan fingerprint density at radius 1 is 1.44 bits per heavy atom. The van der Waals surface area contributed by atoms with E-state index in [2.05, 4.69) is 9.97 Å². The summed E-state index contributed by atoms with van der Waals surface area (Å²) in [6, 6.07) is 0. The standard InChI is InChI=1S/C8H9ClF3N3O/c1-15(3-8(10,11)12)7-5(2-16)6(9)13-4-14-7/h4,16H,2-3H2,1H3. The number of anilines is 1. The summed E-state index contributed by atoms with van der Waals surface area (Å²) in [7, 11) is 1.21. The fourth-order valence-electron chi connectivity index (χ4n) is 1.19. The van der Waals surface area contributed by atoms with Crippen LogP contribution in [0.2, 0.25) is 5.15 Å². The monoisotopic (exact) mass is 255 g/mol. The van der Waals surface area contributed by atoms with Gasteiger partial charge in [0.1, 0.15) is 23.8 Å². The van der Waals surface area contributed by atoms with E-state index in [1.807, 2.05) is 0 Å². The van der Waals surface area contributed by atoms with Crippen molar-refractivity contribution in [2.45, 2.75) is 12.8 Å². The van der Waals surface area contributed by atoms with Gasteiger partial charge in [-0.05, 0) is 0 Å². The quantitative estimate of drug-likeness (QED) is 0.834. The number of rotatable bonds is 3. The largest absolute Gasteiger partial charge is 0.405 e. The first kappa shape index (κ1) is 13.0. The molecular weight excluding hydrogens is 247 g/mol. The maximum absolute atomic E-state index is 12.1. The van der Waals surface area contributed by atoms with E-state index in [0.29, 0.717) is 0 Å². The minimum atomic E-state index is -4.35. The van der Waals surface area contributed by atoms with E-state index in [4.69, 9.17) is 16.7 Å². The molecule has 1 rings (SSSR count). The Kier molecular flexibility index (Phi) is 3.93. The summed E-state index contributed by atoms with van der Waals surface area (Å²) >= 11 is 5.63. The number of alkyl halides is 3. The van der Waals surface area contributed by atoms with E-state index in [0.717, 1.165) is 11.2 Å². The lowest BCUT2D eigenvalue weighted by Crippen LogP contribution is -2.32. The van der Waals surface area contributed by atoms with Gasteiger partial charge in [0, 0.05) is 7.05 Å². The van der Waals surface area contributed by atoms with Crippen molar-refractivity contribution in [2.75, 3.05) is 18.5 Å². The molecular formula is C8H9ClF3N3O. The van der Waals surface area contributed by atoms with Gasteiger partial charge in [-0.25, -0.2) is 9.97 Å². The number of aliphatic hydroxyl groups is 1. The van der Waals surface area contributed by atoms with Crippen molar-refractivity contribution in [3.05, 3.63) is 17.0 Å². The van der Waals surface area contributed by atoms with Crippen LogP contribution in [-0.4, -0.2) is 34.8 Å². The van der Waals surface area contributed by atoms with Gasteiger partial charge < -0.3 is 10.0 Å². The van der Waals surface area contributed by atoms with Gasteiger partial charge in [-0.3, -0.25) is 0 Å². The van der Waals surface area contributed by atoms with Crippen LogP contribution in [0.3, 0.4) is 0 Å². The third-order valence-electron chi connectivity index (χ3n) is 1.81. The summed E-state index contributed by atoms with van der Waals surface area (Å²) in [5, 5.41) is 8.92. The molecule has 4 nitrogen and oxygen atoms in total. The molecule has 16 heavy (non-hydrogen) atoms. The lowest BCUT2D eigenvalue weighted by atomic mass is 10.3. The van der Waals surface area contributed by atoms with E-state index in [1.54, 1.807) is 0 Å². The Morgan fingerprint density at radius 3 is 2.56 bits per heavy atom. The predicted molar refractivity (Wildman–Crippen MR) is 52.3 cm³/mol. The van der Waals surface area contributed by atoms with Crippen LogP contribution in [0.15, 0.2) is 6.33 Å². The summed E-state index contributed by atoms with van der Waals surface area (Å²) in [5.74, 6) is -0.0279. The van der Waals surface area contributed by atoms with E-state index >= 15 is 0 Å². The zero-order valence-corrected chi connectivity index (χ0v) is 9.05. The van der Waals surface area contributed by atoms with Gasteiger partial charge in [-0.2, -0.15) is 13.2 Å². The third kappa shape index (κ3) is 3.21. The summed E-state index contributed by atoms with van der Waals surface area (Å²) < 4.78 is 36.4. The maximum atomic E-state index is 12.1. The summed E-state index contributed by atoms with van der Waals surface area (Å²) in [6.45, 7) is -1.69. The van der Waals surface area contributed by atoms with Crippen LogP contribution in [0.5, 0.6) is 0 Å².